The van der Waals surface area contributed by atoms with Gasteiger partial charge in [-0.1, -0.05) is 30.3 Å². The molecular formula is C20H31N3O2. The van der Waals surface area contributed by atoms with Crippen LogP contribution in [0.3, 0.4) is 0 Å². The van der Waals surface area contributed by atoms with E-state index in [-0.39, 0.29) is 11.3 Å². The van der Waals surface area contributed by atoms with Crippen molar-refractivity contribution in [2.24, 2.45) is 0 Å². The minimum Gasteiger partial charge on any atom is -0.380 e. The highest BCUT2D eigenvalue weighted by Gasteiger charge is 2.38. The average Bonchev–Trinajstić information content (AvgIpc) is 2.99. The van der Waals surface area contributed by atoms with E-state index < -0.39 is 0 Å². The van der Waals surface area contributed by atoms with Gasteiger partial charge in [0.25, 0.3) is 0 Å². The molecule has 0 N–H and O–H groups in total. The molecule has 0 aromatic heterocycles. The normalized spacial score (nSPS) is 25.7. The summed E-state index contributed by atoms with van der Waals surface area (Å²) >= 11 is 0. The number of carbonyl (C=O) groups excluding carboxylic acids is 1. The van der Waals surface area contributed by atoms with E-state index in [2.05, 4.69) is 40.1 Å². The smallest absolute Gasteiger partial charge is 0.236 e. The Morgan fingerprint density at radius 2 is 1.84 bits per heavy atom. The molecule has 5 heteroatoms. The summed E-state index contributed by atoms with van der Waals surface area (Å²) in [7, 11) is 3.66. The van der Waals surface area contributed by atoms with Crippen LogP contribution in [0.15, 0.2) is 30.3 Å². The van der Waals surface area contributed by atoms with Crippen molar-refractivity contribution in [3.05, 3.63) is 35.9 Å². The van der Waals surface area contributed by atoms with E-state index in [0.717, 1.165) is 58.8 Å². The zero-order valence-electron chi connectivity index (χ0n) is 15.6. The Bertz CT molecular complexity index is 555. The van der Waals surface area contributed by atoms with Gasteiger partial charge in [0.05, 0.1) is 13.2 Å². The third-order valence-corrected chi connectivity index (χ3v) is 5.55. The zero-order chi connectivity index (χ0) is 17.7. The van der Waals surface area contributed by atoms with Gasteiger partial charge in [0.2, 0.25) is 5.91 Å². The number of ether oxygens (including phenoxy) is 1. The van der Waals surface area contributed by atoms with E-state index in [1.54, 1.807) is 4.90 Å². The number of hydrogen-bond donors (Lipinski definition) is 0. The van der Waals surface area contributed by atoms with Crippen LogP contribution < -0.4 is 0 Å². The number of amides is 1. The molecule has 0 radical (unpaired) electrons. The molecule has 0 bridgehead atoms. The Morgan fingerprint density at radius 3 is 2.52 bits per heavy atom. The molecule has 2 aliphatic heterocycles. The summed E-state index contributed by atoms with van der Waals surface area (Å²) in [5, 5.41) is 0. The molecule has 1 atom stereocenters. The second-order valence-electron chi connectivity index (χ2n) is 7.64. The van der Waals surface area contributed by atoms with Crippen molar-refractivity contribution >= 4 is 5.91 Å². The van der Waals surface area contributed by atoms with Gasteiger partial charge in [-0.05, 0) is 31.5 Å². The highest BCUT2D eigenvalue weighted by molar-refractivity contribution is 5.77. The number of carbonyl (C=O) groups is 1. The highest BCUT2D eigenvalue weighted by atomic mass is 16.5. The maximum absolute atomic E-state index is 12.0. The fraction of sp³-hybridized carbons (Fsp3) is 0.650. The Hall–Kier alpha value is -1.43. The summed E-state index contributed by atoms with van der Waals surface area (Å²) in [4.78, 5) is 18.5. The lowest BCUT2D eigenvalue weighted by Gasteiger charge is -2.34. The van der Waals surface area contributed by atoms with Crippen LogP contribution in [0, 0.1) is 0 Å². The third-order valence-electron chi connectivity index (χ3n) is 5.55. The van der Waals surface area contributed by atoms with Gasteiger partial charge in [-0.15, -0.1) is 0 Å². The predicted octanol–water partition coefficient (Wildman–Crippen LogP) is 1.44. The molecule has 2 aliphatic rings. The second-order valence-corrected chi connectivity index (χ2v) is 7.64. The van der Waals surface area contributed by atoms with Crippen LogP contribution in [0.25, 0.3) is 0 Å². The SMILES string of the molecule is CN(C)C(=O)CN1CCCN(CC2(c3ccccc3)CCOC2)CC1. The number of hydrogen-bond acceptors (Lipinski definition) is 4. The molecule has 0 aliphatic carbocycles. The lowest BCUT2D eigenvalue weighted by molar-refractivity contribution is -0.129. The number of likely N-dealkylation sites (N-methyl/N-ethyl adjacent to an activating group) is 1. The molecule has 2 fully saturated rings. The van der Waals surface area contributed by atoms with Crippen molar-refractivity contribution in [2.45, 2.75) is 18.3 Å². The van der Waals surface area contributed by atoms with Gasteiger partial charge in [0.15, 0.2) is 0 Å². The number of nitrogens with zero attached hydrogens (tertiary/aromatic N) is 3. The van der Waals surface area contributed by atoms with Crippen molar-refractivity contribution in [1.29, 1.82) is 0 Å². The Morgan fingerprint density at radius 1 is 1.12 bits per heavy atom. The van der Waals surface area contributed by atoms with Crippen LogP contribution in [-0.4, -0.2) is 87.2 Å². The largest absolute Gasteiger partial charge is 0.380 e. The molecule has 1 unspecified atom stereocenters. The van der Waals surface area contributed by atoms with Crippen molar-refractivity contribution in [3.63, 3.8) is 0 Å². The van der Waals surface area contributed by atoms with Gasteiger partial charge in [-0.2, -0.15) is 0 Å². The van der Waals surface area contributed by atoms with Gasteiger partial charge in [-0.3, -0.25) is 9.69 Å². The van der Waals surface area contributed by atoms with Crippen molar-refractivity contribution in [2.75, 3.05) is 66.6 Å². The fourth-order valence-corrected chi connectivity index (χ4v) is 3.94. The third kappa shape index (κ3) is 4.60. The molecule has 5 nitrogen and oxygen atoms in total. The van der Waals surface area contributed by atoms with Crippen LogP contribution in [0.4, 0.5) is 0 Å². The average molecular weight is 345 g/mol. The number of benzene rings is 1. The molecule has 2 saturated heterocycles. The number of rotatable bonds is 5. The van der Waals surface area contributed by atoms with Crippen molar-refractivity contribution in [3.8, 4) is 0 Å². The summed E-state index contributed by atoms with van der Waals surface area (Å²) in [6.45, 7) is 7.34. The molecule has 1 amide bonds. The van der Waals surface area contributed by atoms with Gasteiger partial charge >= 0.3 is 0 Å². The molecule has 0 spiro atoms. The first kappa shape index (κ1) is 18.4. The second kappa shape index (κ2) is 8.30. The quantitative estimate of drug-likeness (QED) is 0.809. The zero-order valence-corrected chi connectivity index (χ0v) is 15.6. The fourth-order valence-electron chi connectivity index (χ4n) is 3.94. The van der Waals surface area contributed by atoms with Gasteiger partial charge < -0.3 is 14.5 Å². The molecule has 1 aromatic carbocycles. The standard InChI is InChI=1S/C20H31N3O2/c1-21(2)19(24)15-22-10-6-11-23(13-12-22)16-20(9-14-25-17-20)18-7-4-3-5-8-18/h3-5,7-8H,6,9-17H2,1-2H3. The van der Waals surface area contributed by atoms with E-state index >= 15 is 0 Å². The molecule has 2 heterocycles. The maximum atomic E-state index is 12.0. The first-order chi connectivity index (χ1) is 12.1. The van der Waals surface area contributed by atoms with Crippen molar-refractivity contribution < 1.29 is 9.53 Å². The van der Waals surface area contributed by atoms with Crippen LogP contribution in [-0.2, 0) is 14.9 Å². The molecule has 138 valence electrons. The Balaban J connectivity index is 1.61. The predicted molar refractivity (Wildman–Crippen MR) is 99.7 cm³/mol. The summed E-state index contributed by atoms with van der Waals surface area (Å²) in [6, 6.07) is 10.8. The monoisotopic (exact) mass is 345 g/mol. The summed E-state index contributed by atoms with van der Waals surface area (Å²) < 4.78 is 5.80. The van der Waals surface area contributed by atoms with Gasteiger partial charge in [-0.25, -0.2) is 0 Å². The van der Waals surface area contributed by atoms with Crippen LogP contribution in [0.2, 0.25) is 0 Å². The van der Waals surface area contributed by atoms with E-state index in [9.17, 15) is 4.79 Å². The van der Waals surface area contributed by atoms with Crippen molar-refractivity contribution in [1.82, 2.24) is 14.7 Å². The highest BCUT2D eigenvalue weighted by Crippen LogP contribution is 2.34. The van der Waals surface area contributed by atoms with E-state index in [1.807, 2.05) is 14.1 Å². The van der Waals surface area contributed by atoms with E-state index in [1.165, 1.54) is 5.56 Å². The lowest BCUT2D eigenvalue weighted by atomic mass is 9.79. The molecule has 25 heavy (non-hydrogen) atoms. The summed E-state index contributed by atoms with van der Waals surface area (Å²) in [5.74, 6) is 0.193. The first-order valence-corrected chi connectivity index (χ1v) is 9.37. The minimum atomic E-state index is 0.121. The minimum absolute atomic E-state index is 0.121. The topological polar surface area (TPSA) is 36.0 Å². The van der Waals surface area contributed by atoms with Crippen LogP contribution in [0.5, 0.6) is 0 Å². The Kier molecular flexibility index (Phi) is 6.10. The summed E-state index contributed by atoms with van der Waals surface area (Å²) in [6.07, 6.45) is 2.21. The maximum Gasteiger partial charge on any atom is 0.236 e. The lowest BCUT2D eigenvalue weighted by Crippen LogP contribution is -2.43. The molecule has 3 rings (SSSR count). The van der Waals surface area contributed by atoms with Gasteiger partial charge in [0, 0.05) is 45.8 Å². The van der Waals surface area contributed by atoms with Crippen LogP contribution >= 0.6 is 0 Å². The van der Waals surface area contributed by atoms with E-state index in [0.29, 0.717) is 6.54 Å². The Labute approximate surface area is 151 Å². The molecule has 0 saturated carbocycles. The first-order valence-electron chi connectivity index (χ1n) is 9.37. The molecule has 1 aromatic rings. The summed E-state index contributed by atoms with van der Waals surface area (Å²) in [5.41, 5.74) is 1.52. The van der Waals surface area contributed by atoms with E-state index in [4.69, 9.17) is 4.74 Å². The van der Waals surface area contributed by atoms with Gasteiger partial charge in [0.1, 0.15) is 0 Å². The molecular weight excluding hydrogens is 314 g/mol. The van der Waals surface area contributed by atoms with Crippen LogP contribution in [0.1, 0.15) is 18.4 Å².